The van der Waals surface area contributed by atoms with Crippen LogP contribution in [0.5, 0.6) is 0 Å². The van der Waals surface area contributed by atoms with E-state index in [4.69, 9.17) is 0 Å². The van der Waals surface area contributed by atoms with Crippen molar-refractivity contribution in [2.75, 3.05) is 13.1 Å². The van der Waals surface area contributed by atoms with Crippen molar-refractivity contribution in [1.29, 1.82) is 0 Å². The molecule has 0 aliphatic carbocycles. The molecule has 2 aromatic carbocycles. The molecule has 2 aromatic rings. The van der Waals surface area contributed by atoms with Gasteiger partial charge in [-0.2, -0.15) is 0 Å². The van der Waals surface area contributed by atoms with E-state index in [1.165, 1.54) is 44.3 Å². The summed E-state index contributed by atoms with van der Waals surface area (Å²) < 4.78 is 0. The zero-order valence-corrected chi connectivity index (χ0v) is 13.7. The van der Waals surface area contributed by atoms with Crippen LogP contribution in [0.2, 0.25) is 0 Å². The second-order valence-electron chi connectivity index (χ2n) is 6.48. The van der Waals surface area contributed by atoms with Crippen LogP contribution < -0.4 is 0 Å². The summed E-state index contributed by atoms with van der Waals surface area (Å²) in [5, 5.41) is 0. The average Bonchev–Trinajstić information content (AvgIpc) is 2.58. The molecule has 116 valence electrons. The van der Waals surface area contributed by atoms with Crippen LogP contribution in [-0.2, 0) is 13.0 Å². The summed E-state index contributed by atoms with van der Waals surface area (Å²) in [6.07, 6.45) is 5.06. The summed E-state index contributed by atoms with van der Waals surface area (Å²) >= 11 is 0. The molecule has 1 heteroatoms. The molecular formula is C21H27N. The Kier molecular flexibility index (Phi) is 5.29. The Labute approximate surface area is 135 Å². The van der Waals surface area contributed by atoms with Gasteiger partial charge in [-0.05, 0) is 55.0 Å². The lowest BCUT2D eigenvalue weighted by Gasteiger charge is -2.33. The van der Waals surface area contributed by atoms with E-state index in [0.29, 0.717) is 0 Å². The van der Waals surface area contributed by atoms with Gasteiger partial charge in [-0.3, -0.25) is 4.90 Å². The largest absolute Gasteiger partial charge is 0.299 e. The number of likely N-dealkylation sites (tertiary alicyclic amines) is 1. The first-order chi connectivity index (χ1) is 10.9. The first-order valence-electron chi connectivity index (χ1n) is 8.71. The fraction of sp³-hybridized carbons (Fsp3) is 0.429. The maximum Gasteiger partial charge on any atom is 0.0233 e. The summed E-state index contributed by atoms with van der Waals surface area (Å²) in [6, 6.07) is 20.0. The maximum atomic E-state index is 2.61. The third-order valence-electron chi connectivity index (χ3n) is 4.85. The lowest BCUT2D eigenvalue weighted by Crippen LogP contribution is -2.32. The van der Waals surface area contributed by atoms with Gasteiger partial charge in [0.25, 0.3) is 0 Å². The summed E-state index contributed by atoms with van der Waals surface area (Å²) in [7, 11) is 0. The molecule has 0 spiro atoms. The summed E-state index contributed by atoms with van der Waals surface area (Å²) in [6.45, 7) is 5.82. The van der Waals surface area contributed by atoms with E-state index in [0.717, 1.165) is 12.5 Å². The molecule has 0 atom stereocenters. The normalized spacial score (nSPS) is 16.8. The molecule has 3 rings (SSSR count). The zero-order chi connectivity index (χ0) is 15.2. The molecule has 1 heterocycles. The van der Waals surface area contributed by atoms with Gasteiger partial charge < -0.3 is 0 Å². The van der Waals surface area contributed by atoms with Crippen molar-refractivity contribution in [2.45, 2.75) is 45.1 Å². The zero-order valence-electron chi connectivity index (χ0n) is 13.7. The highest BCUT2D eigenvalue weighted by atomic mass is 15.1. The number of hydrogen-bond acceptors (Lipinski definition) is 1. The predicted octanol–water partition coefficient (Wildman–Crippen LogP) is 5.02. The Morgan fingerprint density at radius 2 is 1.59 bits per heavy atom. The molecule has 0 radical (unpaired) electrons. The van der Waals surface area contributed by atoms with Crippen LogP contribution in [-0.4, -0.2) is 18.0 Å². The first kappa shape index (κ1) is 15.3. The molecule has 0 saturated carbocycles. The highest BCUT2D eigenvalue weighted by Gasteiger charge is 2.22. The lowest BCUT2D eigenvalue weighted by atomic mass is 9.85. The van der Waals surface area contributed by atoms with Gasteiger partial charge in [0.15, 0.2) is 0 Å². The van der Waals surface area contributed by atoms with E-state index in [2.05, 4.69) is 66.4 Å². The number of rotatable bonds is 5. The van der Waals surface area contributed by atoms with E-state index in [9.17, 15) is 0 Å². The van der Waals surface area contributed by atoms with Crippen molar-refractivity contribution in [3.63, 3.8) is 0 Å². The van der Waals surface area contributed by atoms with Crippen molar-refractivity contribution in [3.05, 3.63) is 71.3 Å². The highest BCUT2D eigenvalue weighted by molar-refractivity contribution is 5.31. The molecule has 1 fully saturated rings. The average molecular weight is 293 g/mol. The third-order valence-corrected chi connectivity index (χ3v) is 4.85. The molecule has 22 heavy (non-hydrogen) atoms. The van der Waals surface area contributed by atoms with Crippen LogP contribution in [0.15, 0.2) is 54.6 Å². The van der Waals surface area contributed by atoms with Crippen molar-refractivity contribution >= 4 is 0 Å². The second-order valence-corrected chi connectivity index (χ2v) is 6.48. The topological polar surface area (TPSA) is 3.24 Å². The Morgan fingerprint density at radius 1 is 0.909 bits per heavy atom. The van der Waals surface area contributed by atoms with Gasteiger partial charge in [-0.15, -0.1) is 0 Å². The van der Waals surface area contributed by atoms with Gasteiger partial charge in [0.05, 0.1) is 0 Å². The Morgan fingerprint density at radius 3 is 2.32 bits per heavy atom. The fourth-order valence-corrected chi connectivity index (χ4v) is 3.67. The molecule has 0 amide bonds. The van der Waals surface area contributed by atoms with Crippen LogP contribution in [0.4, 0.5) is 0 Å². The van der Waals surface area contributed by atoms with Gasteiger partial charge in [-0.25, -0.2) is 0 Å². The van der Waals surface area contributed by atoms with Gasteiger partial charge in [-0.1, -0.05) is 67.9 Å². The van der Waals surface area contributed by atoms with E-state index < -0.39 is 0 Å². The Hall–Kier alpha value is -1.60. The monoisotopic (exact) mass is 293 g/mol. The summed E-state index contributed by atoms with van der Waals surface area (Å²) in [5.74, 6) is 0.759. The van der Waals surface area contributed by atoms with Crippen LogP contribution in [0, 0.1) is 0 Å². The van der Waals surface area contributed by atoms with E-state index in [-0.39, 0.29) is 0 Å². The minimum Gasteiger partial charge on any atom is -0.299 e. The first-order valence-corrected chi connectivity index (χ1v) is 8.71. The van der Waals surface area contributed by atoms with Crippen LogP contribution in [0.1, 0.15) is 48.8 Å². The molecule has 1 aliphatic heterocycles. The smallest absolute Gasteiger partial charge is 0.0233 e. The molecular weight excluding hydrogens is 266 g/mol. The predicted molar refractivity (Wildman–Crippen MR) is 94.1 cm³/mol. The van der Waals surface area contributed by atoms with Gasteiger partial charge in [0.1, 0.15) is 0 Å². The van der Waals surface area contributed by atoms with E-state index in [1.54, 1.807) is 11.1 Å². The summed E-state index contributed by atoms with van der Waals surface area (Å²) in [4.78, 5) is 2.61. The SMILES string of the molecule is CCCc1ccccc1C1CCN(Cc2ccccc2)CC1. The van der Waals surface area contributed by atoms with Crippen molar-refractivity contribution in [2.24, 2.45) is 0 Å². The number of hydrogen-bond donors (Lipinski definition) is 0. The van der Waals surface area contributed by atoms with Crippen LogP contribution in [0.3, 0.4) is 0 Å². The number of benzene rings is 2. The lowest BCUT2D eigenvalue weighted by molar-refractivity contribution is 0.204. The number of aryl methyl sites for hydroxylation is 1. The summed E-state index contributed by atoms with van der Waals surface area (Å²) in [5.41, 5.74) is 4.63. The van der Waals surface area contributed by atoms with Crippen molar-refractivity contribution < 1.29 is 0 Å². The Bertz CT molecular complexity index is 567. The van der Waals surface area contributed by atoms with E-state index >= 15 is 0 Å². The molecule has 0 aromatic heterocycles. The van der Waals surface area contributed by atoms with Gasteiger partial charge in [0.2, 0.25) is 0 Å². The maximum absolute atomic E-state index is 2.61. The fourth-order valence-electron chi connectivity index (χ4n) is 3.67. The highest BCUT2D eigenvalue weighted by Crippen LogP contribution is 2.31. The van der Waals surface area contributed by atoms with Crippen molar-refractivity contribution in [3.8, 4) is 0 Å². The molecule has 0 bridgehead atoms. The Balaban J connectivity index is 1.60. The van der Waals surface area contributed by atoms with E-state index in [1.807, 2.05) is 0 Å². The molecule has 1 saturated heterocycles. The molecule has 1 nitrogen and oxygen atoms in total. The number of piperidine rings is 1. The minimum absolute atomic E-state index is 0.759. The minimum atomic E-state index is 0.759. The third kappa shape index (κ3) is 3.78. The molecule has 1 aliphatic rings. The quantitative estimate of drug-likeness (QED) is 0.748. The van der Waals surface area contributed by atoms with Crippen molar-refractivity contribution in [1.82, 2.24) is 4.90 Å². The van der Waals surface area contributed by atoms with Crippen LogP contribution >= 0.6 is 0 Å². The molecule has 0 N–H and O–H groups in total. The van der Waals surface area contributed by atoms with Gasteiger partial charge in [0, 0.05) is 6.54 Å². The molecule has 0 unspecified atom stereocenters. The number of nitrogens with zero attached hydrogens (tertiary/aromatic N) is 1. The van der Waals surface area contributed by atoms with Gasteiger partial charge >= 0.3 is 0 Å². The standard InChI is InChI=1S/C21H27N/c1-2-8-19-11-6-7-12-21(19)20-13-15-22(16-14-20)17-18-9-4-3-5-10-18/h3-7,9-12,20H,2,8,13-17H2,1H3. The second kappa shape index (κ2) is 7.60. The van der Waals surface area contributed by atoms with Crippen LogP contribution in [0.25, 0.3) is 0 Å².